The van der Waals surface area contributed by atoms with Crippen molar-refractivity contribution < 1.29 is 31.8 Å². The molecule has 0 bridgehead atoms. The van der Waals surface area contributed by atoms with E-state index in [0.717, 1.165) is 11.1 Å². The molecule has 0 radical (unpaired) electrons. The Balaban J connectivity index is 1.61. The smallest absolute Gasteiger partial charge is 0.321 e. The second kappa shape index (κ2) is 8.26. The molecule has 7 nitrogen and oxygen atoms in total. The summed E-state index contributed by atoms with van der Waals surface area (Å²) in [6.45, 7) is 3.10. The molecule has 1 aliphatic rings. The fourth-order valence-electron chi connectivity index (χ4n) is 2.69. The molecular formula is C19H20FNO6S. The first-order chi connectivity index (χ1) is 13.3. The van der Waals surface area contributed by atoms with Gasteiger partial charge in [-0.2, -0.15) is 4.72 Å². The molecule has 0 spiro atoms. The van der Waals surface area contributed by atoms with Crippen molar-refractivity contribution in [3.05, 3.63) is 58.4 Å². The van der Waals surface area contributed by atoms with Gasteiger partial charge in [-0.3, -0.25) is 4.79 Å². The average Bonchev–Trinajstić information content (AvgIpc) is 2.66. The molecule has 2 aromatic carbocycles. The molecule has 0 saturated heterocycles. The Kier molecular flexibility index (Phi) is 5.97. The quantitative estimate of drug-likeness (QED) is 0.737. The van der Waals surface area contributed by atoms with Crippen LogP contribution >= 0.6 is 0 Å². The standard InChI is InChI=1S/C19H20FNO6S/c1-12-3-4-17(5-13(12)2)28(23,24)21-8-18(22)26-10-15-7-16(20)6-14-9-25-11-27-19(14)15/h3-7,21H,8-11H2,1-2H3. The van der Waals surface area contributed by atoms with Crippen molar-refractivity contribution in [3.63, 3.8) is 0 Å². The van der Waals surface area contributed by atoms with E-state index in [9.17, 15) is 17.6 Å². The lowest BCUT2D eigenvalue weighted by Gasteiger charge is -2.20. The van der Waals surface area contributed by atoms with Gasteiger partial charge in [0.2, 0.25) is 10.0 Å². The summed E-state index contributed by atoms with van der Waals surface area (Å²) < 4.78 is 56.0. The van der Waals surface area contributed by atoms with Gasteiger partial charge >= 0.3 is 5.97 Å². The van der Waals surface area contributed by atoms with E-state index in [4.69, 9.17) is 14.2 Å². The average molecular weight is 409 g/mol. The molecule has 2 aromatic rings. The monoisotopic (exact) mass is 409 g/mol. The molecule has 0 atom stereocenters. The number of nitrogens with one attached hydrogen (secondary N) is 1. The van der Waals surface area contributed by atoms with Gasteiger partial charge in [-0.05, 0) is 49.2 Å². The number of benzene rings is 2. The van der Waals surface area contributed by atoms with Crippen LogP contribution in [-0.4, -0.2) is 27.7 Å². The highest BCUT2D eigenvalue weighted by atomic mass is 32.2. The highest BCUT2D eigenvalue weighted by Gasteiger charge is 2.20. The molecule has 0 saturated carbocycles. The van der Waals surface area contributed by atoms with Crippen LogP contribution < -0.4 is 9.46 Å². The van der Waals surface area contributed by atoms with E-state index in [-0.39, 0.29) is 24.9 Å². The largest absolute Gasteiger partial charge is 0.467 e. The number of halogens is 1. The Morgan fingerprint density at radius 1 is 1.21 bits per heavy atom. The highest BCUT2D eigenvalue weighted by Crippen LogP contribution is 2.29. The third-order valence-electron chi connectivity index (χ3n) is 4.34. The normalized spacial score (nSPS) is 13.5. The lowest BCUT2D eigenvalue weighted by molar-refractivity contribution is -0.143. The summed E-state index contributed by atoms with van der Waals surface area (Å²) in [6.07, 6.45) is 0. The van der Waals surface area contributed by atoms with Gasteiger partial charge < -0.3 is 14.2 Å². The summed E-state index contributed by atoms with van der Waals surface area (Å²) in [7, 11) is -3.85. The van der Waals surface area contributed by atoms with Crippen LogP contribution in [-0.2, 0) is 37.5 Å². The van der Waals surface area contributed by atoms with Gasteiger partial charge in [-0.15, -0.1) is 0 Å². The van der Waals surface area contributed by atoms with Crippen LogP contribution in [0, 0.1) is 19.7 Å². The minimum absolute atomic E-state index is 0.0232. The Hall–Kier alpha value is -2.49. The van der Waals surface area contributed by atoms with E-state index >= 15 is 0 Å². The fraction of sp³-hybridized carbons (Fsp3) is 0.316. The number of aryl methyl sites for hydroxylation is 2. The third kappa shape index (κ3) is 4.67. The second-order valence-corrected chi connectivity index (χ2v) is 8.16. The molecule has 0 unspecified atom stereocenters. The van der Waals surface area contributed by atoms with Gasteiger partial charge in [0.25, 0.3) is 0 Å². The van der Waals surface area contributed by atoms with Crippen LogP contribution in [0.15, 0.2) is 35.2 Å². The molecule has 1 heterocycles. The zero-order valence-electron chi connectivity index (χ0n) is 15.5. The van der Waals surface area contributed by atoms with Gasteiger partial charge in [-0.25, -0.2) is 12.8 Å². The Labute approximate surface area is 162 Å². The van der Waals surface area contributed by atoms with Crippen molar-refractivity contribution >= 4 is 16.0 Å². The second-order valence-electron chi connectivity index (χ2n) is 6.40. The first kappa shape index (κ1) is 20.2. The van der Waals surface area contributed by atoms with E-state index in [0.29, 0.717) is 16.9 Å². The highest BCUT2D eigenvalue weighted by molar-refractivity contribution is 7.89. The Bertz CT molecular complexity index is 1010. The maximum Gasteiger partial charge on any atom is 0.321 e. The molecule has 3 rings (SSSR count). The number of hydrogen-bond acceptors (Lipinski definition) is 6. The molecule has 0 aromatic heterocycles. The number of hydrogen-bond donors (Lipinski definition) is 1. The predicted octanol–water partition coefficient (Wildman–Crippen LogP) is 2.33. The van der Waals surface area contributed by atoms with Crippen LogP contribution in [0.5, 0.6) is 5.75 Å². The minimum atomic E-state index is -3.85. The Morgan fingerprint density at radius 2 is 2.00 bits per heavy atom. The van der Waals surface area contributed by atoms with Gasteiger partial charge in [0.1, 0.15) is 24.7 Å². The molecule has 150 valence electrons. The molecule has 9 heteroatoms. The van der Waals surface area contributed by atoms with Gasteiger partial charge in [-0.1, -0.05) is 6.07 Å². The van der Waals surface area contributed by atoms with E-state index in [1.165, 1.54) is 24.3 Å². The summed E-state index contributed by atoms with van der Waals surface area (Å²) >= 11 is 0. The van der Waals surface area contributed by atoms with E-state index in [1.54, 1.807) is 13.0 Å². The summed E-state index contributed by atoms with van der Waals surface area (Å²) in [5.41, 5.74) is 2.66. The van der Waals surface area contributed by atoms with Gasteiger partial charge in [0.05, 0.1) is 11.5 Å². The van der Waals surface area contributed by atoms with Crippen molar-refractivity contribution in [2.45, 2.75) is 32.0 Å². The molecule has 0 amide bonds. The number of carbonyl (C=O) groups excluding carboxylic acids is 1. The molecular weight excluding hydrogens is 389 g/mol. The minimum Gasteiger partial charge on any atom is -0.467 e. The molecule has 1 N–H and O–H groups in total. The van der Waals surface area contributed by atoms with E-state index in [2.05, 4.69) is 4.72 Å². The number of ether oxygens (including phenoxy) is 3. The van der Waals surface area contributed by atoms with Crippen molar-refractivity contribution in [3.8, 4) is 5.75 Å². The number of esters is 1. The maximum absolute atomic E-state index is 13.7. The topological polar surface area (TPSA) is 90.9 Å². The maximum atomic E-state index is 13.7. The van der Waals surface area contributed by atoms with Crippen molar-refractivity contribution in [2.75, 3.05) is 13.3 Å². The van der Waals surface area contributed by atoms with Crippen LogP contribution in [0.1, 0.15) is 22.3 Å². The van der Waals surface area contributed by atoms with E-state index < -0.39 is 28.4 Å². The van der Waals surface area contributed by atoms with Crippen molar-refractivity contribution in [1.29, 1.82) is 0 Å². The summed E-state index contributed by atoms with van der Waals surface area (Å²) in [5, 5.41) is 0. The molecule has 0 fully saturated rings. The lowest BCUT2D eigenvalue weighted by Crippen LogP contribution is -2.30. The Morgan fingerprint density at radius 3 is 2.75 bits per heavy atom. The van der Waals surface area contributed by atoms with Crippen molar-refractivity contribution in [1.82, 2.24) is 4.72 Å². The fourth-order valence-corrected chi connectivity index (χ4v) is 3.75. The lowest BCUT2D eigenvalue weighted by atomic mass is 10.1. The number of sulfonamides is 1. The van der Waals surface area contributed by atoms with Gasteiger partial charge in [0, 0.05) is 11.1 Å². The van der Waals surface area contributed by atoms with E-state index in [1.807, 2.05) is 6.92 Å². The predicted molar refractivity (Wildman–Crippen MR) is 97.6 cm³/mol. The molecule has 28 heavy (non-hydrogen) atoms. The summed E-state index contributed by atoms with van der Waals surface area (Å²) in [4.78, 5) is 12.0. The van der Waals surface area contributed by atoms with Crippen molar-refractivity contribution in [2.24, 2.45) is 0 Å². The zero-order valence-corrected chi connectivity index (χ0v) is 16.3. The molecule has 1 aliphatic heterocycles. The van der Waals surface area contributed by atoms with Crippen LogP contribution in [0.3, 0.4) is 0 Å². The van der Waals surface area contributed by atoms with Crippen LogP contribution in [0.2, 0.25) is 0 Å². The summed E-state index contributed by atoms with van der Waals surface area (Å²) in [6, 6.07) is 7.18. The van der Waals surface area contributed by atoms with Gasteiger partial charge in [0.15, 0.2) is 6.79 Å². The zero-order chi connectivity index (χ0) is 20.3. The third-order valence-corrected chi connectivity index (χ3v) is 5.73. The molecule has 0 aliphatic carbocycles. The number of fused-ring (bicyclic) bond motifs is 1. The van der Waals surface area contributed by atoms with Crippen LogP contribution in [0.25, 0.3) is 0 Å². The number of rotatable bonds is 6. The SMILES string of the molecule is Cc1ccc(S(=O)(=O)NCC(=O)OCc2cc(F)cc3c2OCOC3)cc1C. The number of carbonyl (C=O) groups is 1. The first-order valence-electron chi connectivity index (χ1n) is 8.50. The summed E-state index contributed by atoms with van der Waals surface area (Å²) in [5.74, 6) is -0.886. The first-order valence-corrected chi connectivity index (χ1v) is 9.99. The van der Waals surface area contributed by atoms with Crippen LogP contribution in [0.4, 0.5) is 4.39 Å².